The summed E-state index contributed by atoms with van der Waals surface area (Å²) in [6.07, 6.45) is 1.72. The lowest BCUT2D eigenvalue weighted by atomic mass is 10.1. The topological polar surface area (TPSA) is 55.1 Å². The molecule has 0 spiro atoms. The predicted octanol–water partition coefficient (Wildman–Crippen LogP) is 2.02. The molecule has 0 unspecified atom stereocenters. The molecule has 0 aliphatic heterocycles. The molecular formula is C12H18ClFN2O. The maximum absolute atomic E-state index is 13.0. The van der Waals surface area contributed by atoms with Crippen LogP contribution in [0.3, 0.4) is 0 Å². The van der Waals surface area contributed by atoms with E-state index in [0.717, 1.165) is 18.4 Å². The number of hydrogen-bond acceptors (Lipinski definition) is 2. The van der Waals surface area contributed by atoms with Gasteiger partial charge in [-0.3, -0.25) is 4.79 Å². The molecule has 0 radical (unpaired) electrons. The van der Waals surface area contributed by atoms with Crippen LogP contribution in [-0.2, 0) is 0 Å². The average molecular weight is 261 g/mol. The zero-order valence-corrected chi connectivity index (χ0v) is 10.6. The first-order chi connectivity index (χ1) is 7.65. The van der Waals surface area contributed by atoms with Crippen LogP contribution < -0.4 is 11.1 Å². The predicted molar refractivity (Wildman–Crippen MR) is 69.0 cm³/mol. The first-order valence-corrected chi connectivity index (χ1v) is 5.39. The standard InChI is InChI=1S/C12H17FN2O.ClH/c1-9-4-5-10(13)8-11(9)12(16)15-7-3-2-6-14;/h4-5,8H,2-3,6-7,14H2,1H3,(H,15,16);1H. The Morgan fingerprint density at radius 1 is 1.41 bits per heavy atom. The monoisotopic (exact) mass is 260 g/mol. The van der Waals surface area contributed by atoms with Crippen LogP contribution in [0.25, 0.3) is 0 Å². The summed E-state index contributed by atoms with van der Waals surface area (Å²) in [5.41, 5.74) is 6.51. The van der Waals surface area contributed by atoms with Crippen LogP contribution in [0.4, 0.5) is 4.39 Å². The summed E-state index contributed by atoms with van der Waals surface area (Å²) in [6, 6.07) is 4.21. The van der Waals surface area contributed by atoms with Crippen molar-refractivity contribution in [2.45, 2.75) is 19.8 Å². The van der Waals surface area contributed by atoms with Crippen molar-refractivity contribution in [3.63, 3.8) is 0 Å². The van der Waals surface area contributed by atoms with Crippen molar-refractivity contribution in [1.82, 2.24) is 5.32 Å². The van der Waals surface area contributed by atoms with Crippen LogP contribution in [0.2, 0.25) is 0 Å². The second-order valence-electron chi connectivity index (χ2n) is 3.71. The van der Waals surface area contributed by atoms with Gasteiger partial charge in [0.05, 0.1) is 0 Å². The molecule has 3 N–H and O–H groups in total. The highest BCUT2D eigenvalue weighted by Gasteiger charge is 2.08. The third-order valence-corrected chi connectivity index (χ3v) is 2.36. The minimum Gasteiger partial charge on any atom is -0.352 e. The smallest absolute Gasteiger partial charge is 0.251 e. The van der Waals surface area contributed by atoms with Gasteiger partial charge in [0, 0.05) is 12.1 Å². The number of carbonyl (C=O) groups excluding carboxylic acids is 1. The molecule has 1 aromatic rings. The summed E-state index contributed by atoms with van der Waals surface area (Å²) in [5, 5.41) is 2.74. The van der Waals surface area contributed by atoms with E-state index in [9.17, 15) is 9.18 Å². The van der Waals surface area contributed by atoms with Gasteiger partial charge in [-0.05, 0) is 44.0 Å². The van der Waals surface area contributed by atoms with E-state index in [1.165, 1.54) is 12.1 Å². The zero-order valence-electron chi connectivity index (χ0n) is 9.83. The van der Waals surface area contributed by atoms with Crippen LogP contribution in [0.15, 0.2) is 18.2 Å². The molecule has 0 bridgehead atoms. The highest BCUT2D eigenvalue weighted by molar-refractivity contribution is 5.95. The summed E-state index contributed by atoms with van der Waals surface area (Å²) in [4.78, 5) is 11.7. The normalized spacial score (nSPS) is 9.59. The fraction of sp³-hybridized carbons (Fsp3) is 0.417. The van der Waals surface area contributed by atoms with Gasteiger partial charge >= 0.3 is 0 Å². The van der Waals surface area contributed by atoms with Crippen LogP contribution >= 0.6 is 12.4 Å². The van der Waals surface area contributed by atoms with Crippen molar-refractivity contribution in [3.8, 4) is 0 Å². The minimum absolute atomic E-state index is 0. The quantitative estimate of drug-likeness (QED) is 0.796. The van der Waals surface area contributed by atoms with Crippen molar-refractivity contribution in [1.29, 1.82) is 0 Å². The zero-order chi connectivity index (χ0) is 12.0. The van der Waals surface area contributed by atoms with Crippen LogP contribution in [0, 0.1) is 12.7 Å². The number of hydrogen-bond donors (Lipinski definition) is 2. The molecule has 0 aliphatic rings. The van der Waals surface area contributed by atoms with E-state index in [1.54, 1.807) is 13.0 Å². The lowest BCUT2D eigenvalue weighted by molar-refractivity contribution is 0.0952. The summed E-state index contributed by atoms with van der Waals surface area (Å²) in [5.74, 6) is -0.619. The first kappa shape index (κ1) is 15.9. The highest BCUT2D eigenvalue weighted by Crippen LogP contribution is 2.09. The molecule has 0 fully saturated rings. The maximum atomic E-state index is 13.0. The van der Waals surface area contributed by atoms with Gasteiger partial charge in [0.25, 0.3) is 5.91 Å². The molecule has 0 saturated carbocycles. The number of benzene rings is 1. The Balaban J connectivity index is 0.00000256. The van der Waals surface area contributed by atoms with Gasteiger partial charge in [0.15, 0.2) is 0 Å². The second kappa shape index (κ2) is 8.03. The van der Waals surface area contributed by atoms with Gasteiger partial charge < -0.3 is 11.1 Å². The Hall–Kier alpha value is -1.13. The number of aryl methyl sites for hydroxylation is 1. The molecule has 5 heteroatoms. The summed E-state index contributed by atoms with van der Waals surface area (Å²) in [7, 11) is 0. The molecule has 17 heavy (non-hydrogen) atoms. The van der Waals surface area contributed by atoms with Gasteiger partial charge in [-0.2, -0.15) is 0 Å². The number of unbranched alkanes of at least 4 members (excludes halogenated alkanes) is 1. The Morgan fingerprint density at radius 2 is 2.12 bits per heavy atom. The molecule has 0 heterocycles. The van der Waals surface area contributed by atoms with E-state index in [2.05, 4.69) is 5.32 Å². The van der Waals surface area contributed by atoms with E-state index in [0.29, 0.717) is 18.7 Å². The van der Waals surface area contributed by atoms with Crippen molar-refractivity contribution in [2.24, 2.45) is 5.73 Å². The van der Waals surface area contributed by atoms with Gasteiger partial charge in [-0.15, -0.1) is 12.4 Å². The number of nitrogens with two attached hydrogens (primary N) is 1. The van der Waals surface area contributed by atoms with Crippen LogP contribution in [0.1, 0.15) is 28.8 Å². The Morgan fingerprint density at radius 3 is 2.76 bits per heavy atom. The molecule has 0 aliphatic carbocycles. The first-order valence-electron chi connectivity index (χ1n) is 5.39. The molecule has 1 rings (SSSR count). The lowest BCUT2D eigenvalue weighted by Crippen LogP contribution is -2.25. The number of carbonyl (C=O) groups is 1. The van der Waals surface area contributed by atoms with Crippen molar-refractivity contribution in [3.05, 3.63) is 35.1 Å². The number of halogens is 2. The van der Waals surface area contributed by atoms with Crippen molar-refractivity contribution >= 4 is 18.3 Å². The van der Waals surface area contributed by atoms with Gasteiger partial charge in [0.1, 0.15) is 5.82 Å². The maximum Gasteiger partial charge on any atom is 0.251 e. The Bertz CT molecular complexity index is 372. The molecule has 0 saturated heterocycles. The molecular weight excluding hydrogens is 243 g/mol. The van der Waals surface area contributed by atoms with Crippen molar-refractivity contribution < 1.29 is 9.18 Å². The fourth-order valence-corrected chi connectivity index (χ4v) is 1.41. The molecule has 1 amide bonds. The van der Waals surface area contributed by atoms with Gasteiger partial charge in [-0.1, -0.05) is 6.07 Å². The van der Waals surface area contributed by atoms with Gasteiger partial charge in [0.2, 0.25) is 0 Å². The highest BCUT2D eigenvalue weighted by atomic mass is 35.5. The second-order valence-corrected chi connectivity index (χ2v) is 3.71. The third kappa shape index (κ3) is 5.15. The Kier molecular flexibility index (Phi) is 7.50. The summed E-state index contributed by atoms with van der Waals surface area (Å²) >= 11 is 0. The fourth-order valence-electron chi connectivity index (χ4n) is 1.41. The summed E-state index contributed by atoms with van der Waals surface area (Å²) in [6.45, 7) is 2.98. The average Bonchev–Trinajstić information content (AvgIpc) is 2.27. The van der Waals surface area contributed by atoms with Gasteiger partial charge in [-0.25, -0.2) is 4.39 Å². The number of amides is 1. The molecule has 96 valence electrons. The number of nitrogens with one attached hydrogen (secondary N) is 1. The van der Waals surface area contributed by atoms with E-state index in [-0.39, 0.29) is 18.3 Å². The largest absolute Gasteiger partial charge is 0.352 e. The molecule has 3 nitrogen and oxygen atoms in total. The van der Waals surface area contributed by atoms with E-state index in [4.69, 9.17) is 5.73 Å². The Labute approximate surface area is 107 Å². The summed E-state index contributed by atoms with van der Waals surface area (Å²) < 4.78 is 13.0. The van der Waals surface area contributed by atoms with E-state index < -0.39 is 5.82 Å². The molecule has 0 atom stereocenters. The van der Waals surface area contributed by atoms with E-state index >= 15 is 0 Å². The third-order valence-electron chi connectivity index (χ3n) is 2.36. The number of rotatable bonds is 5. The van der Waals surface area contributed by atoms with Crippen molar-refractivity contribution in [2.75, 3.05) is 13.1 Å². The lowest BCUT2D eigenvalue weighted by Gasteiger charge is -2.07. The SMILES string of the molecule is Cc1ccc(F)cc1C(=O)NCCCCN.Cl. The van der Waals surface area contributed by atoms with E-state index in [1.807, 2.05) is 0 Å². The minimum atomic E-state index is -0.391. The molecule has 0 aromatic heterocycles. The van der Waals surface area contributed by atoms with Crippen LogP contribution in [-0.4, -0.2) is 19.0 Å². The van der Waals surface area contributed by atoms with Crippen LogP contribution in [0.5, 0.6) is 0 Å². The molecule has 1 aromatic carbocycles.